The van der Waals surface area contributed by atoms with Crippen LogP contribution in [0, 0.1) is 35.8 Å². The number of nitriles is 2. The van der Waals surface area contributed by atoms with Gasteiger partial charge < -0.3 is 0 Å². The fourth-order valence-corrected chi connectivity index (χ4v) is 7.59. The molecule has 2 heterocycles. The van der Waals surface area contributed by atoms with Crippen molar-refractivity contribution in [2.75, 3.05) is 9.80 Å². The maximum Gasteiger partial charge on any atom is 0.267 e. The van der Waals surface area contributed by atoms with Crippen LogP contribution in [0.2, 0.25) is 0 Å². The molecule has 4 amide bonds. The zero-order valence-electron chi connectivity index (χ0n) is 30.1. The second-order valence-electron chi connectivity index (χ2n) is 14.2. The number of anilines is 2. The second-order valence-corrected chi connectivity index (χ2v) is 14.2. The van der Waals surface area contributed by atoms with E-state index in [-0.39, 0.29) is 68.1 Å². The van der Waals surface area contributed by atoms with Crippen LogP contribution >= 0.6 is 0 Å². The van der Waals surface area contributed by atoms with Crippen LogP contribution in [0.25, 0.3) is 20.5 Å². The van der Waals surface area contributed by atoms with E-state index < -0.39 is 46.1 Å². The molecule has 0 aliphatic carbocycles. The van der Waals surface area contributed by atoms with E-state index >= 15 is 0 Å². The van der Waals surface area contributed by atoms with Crippen molar-refractivity contribution < 1.29 is 19.2 Å². The van der Waals surface area contributed by atoms with E-state index in [1.807, 2.05) is 79.7 Å². The summed E-state index contributed by atoms with van der Waals surface area (Å²) in [6.07, 6.45) is 0. The van der Waals surface area contributed by atoms with Crippen LogP contribution in [0.15, 0.2) is 36.4 Å². The highest BCUT2D eigenvalue weighted by Gasteiger charge is 2.48. The Bertz CT molecular complexity index is 2180. The molecule has 0 radical (unpaired) electrons. The third-order valence-electron chi connectivity index (χ3n) is 9.95. The monoisotopic (exact) mass is 686 g/mol. The van der Waals surface area contributed by atoms with Crippen molar-refractivity contribution in [1.29, 1.82) is 10.5 Å². The number of hydrogen-bond donors (Lipinski definition) is 0. The average molecular weight is 687 g/mol. The highest BCUT2D eigenvalue weighted by Crippen LogP contribution is 2.53. The van der Waals surface area contributed by atoms with Crippen molar-refractivity contribution in [2.24, 2.45) is 0 Å². The van der Waals surface area contributed by atoms with Gasteiger partial charge >= 0.3 is 0 Å². The number of rotatable bonds is 6. The molecule has 10 heteroatoms. The SMILES string of the molecule is [C-]#[N+]c1c([N+]#[C-])c2c3c(c(C#N)c(C#N)c4c3c1C(=O)N(c1c(C(C)C)cccc1C(C)C)C4=O)C(=O)N(c1c(C(C)C)cccc1C(C)C)C2=O. The third kappa shape index (κ3) is 4.65. The van der Waals surface area contributed by atoms with Gasteiger partial charge in [0, 0.05) is 11.1 Å². The topological polar surface area (TPSA) is 131 Å². The molecule has 0 aromatic heterocycles. The normalized spacial score (nSPS) is 13.7. The lowest BCUT2D eigenvalue weighted by Gasteiger charge is -2.37. The number of carbonyl (C=O) groups excluding carboxylic acids is 4. The van der Waals surface area contributed by atoms with Gasteiger partial charge in [-0.05, 0) is 56.7 Å². The fraction of sp³-hybridized carbons (Fsp3) is 0.286. The molecule has 2 aliphatic rings. The van der Waals surface area contributed by atoms with Crippen LogP contribution in [0.5, 0.6) is 0 Å². The van der Waals surface area contributed by atoms with E-state index in [9.17, 15) is 29.7 Å². The highest BCUT2D eigenvalue weighted by molar-refractivity contribution is 6.46. The molecule has 0 bridgehead atoms. The highest BCUT2D eigenvalue weighted by atomic mass is 16.2. The van der Waals surface area contributed by atoms with Crippen LogP contribution in [0.3, 0.4) is 0 Å². The molecule has 6 rings (SSSR count). The van der Waals surface area contributed by atoms with Gasteiger partial charge in [-0.3, -0.25) is 19.2 Å². The Morgan fingerprint density at radius 1 is 0.519 bits per heavy atom. The minimum atomic E-state index is -0.931. The third-order valence-corrected chi connectivity index (χ3v) is 9.95. The first kappa shape index (κ1) is 35.2. The fourth-order valence-electron chi connectivity index (χ4n) is 7.59. The Hall–Kier alpha value is -6.62. The minimum absolute atomic E-state index is 0.166. The largest absolute Gasteiger partial charge is 0.270 e. The van der Waals surface area contributed by atoms with Crippen molar-refractivity contribution >= 4 is 57.2 Å². The van der Waals surface area contributed by atoms with Gasteiger partial charge in [0.2, 0.25) is 11.4 Å². The maximum absolute atomic E-state index is 14.9. The van der Waals surface area contributed by atoms with Gasteiger partial charge in [-0.1, -0.05) is 91.8 Å². The Kier molecular flexibility index (Phi) is 8.54. The quantitative estimate of drug-likeness (QED) is 0.147. The molecule has 10 nitrogen and oxygen atoms in total. The summed E-state index contributed by atoms with van der Waals surface area (Å²) in [7, 11) is 0. The predicted molar refractivity (Wildman–Crippen MR) is 197 cm³/mol. The van der Waals surface area contributed by atoms with Crippen molar-refractivity contribution in [3.63, 3.8) is 0 Å². The van der Waals surface area contributed by atoms with Crippen LogP contribution in [0.1, 0.15) is 154 Å². The summed E-state index contributed by atoms with van der Waals surface area (Å²) in [6, 6.07) is 14.8. The number of para-hydroxylation sites is 2. The summed E-state index contributed by atoms with van der Waals surface area (Å²) in [5.74, 6) is -4.38. The Balaban J connectivity index is 1.84. The van der Waals surface area contributed by atoms with Gasteiger partial charge in [0.15, 0.2) is 0 Å². The summed E-state index contributed by atoms with van der Waals surface area (Å²) < 4.78 is 0. The van der Waals surface area contributed by atoms with Gasteiger partial charge in [-0.15, -0.1) is 0 Å². The van der Waals surface area contributed by atoms with E-state index in [0.29, 0.717) is 22.3 Å². The summed E-state index contributed by atoms with van der Waals surface area (Å²) >= 11 is 0. The van der Waals surface area contributed by atoms with E-state index in [0.717, 1.165) is 9.80 Å². The average Bonchev–Trinajstić information content (AvgIpc) is 3.11. The van der Waals surface area contributed by atoms with Crippen molar-refractivity contribution in [3.05, 3.63) is 115 Å². The van der Waals surface area contributed by atoms with E-state index in [1.165, 1.54) is 0 Å². The lowest BCUT2D eigenvalue weighted by Crippen LogP contribution is -2.45. The number of imide groups is 2. The molecule has 0 fully saturated rings. The van der Waals surface area contributed by atoms with Crippen molar-refractivity contribution in [2.45, 2.75) is 79.1 Å². The van der Waals surface area contributed by atoms with Crippen LogP contribution in [-0.2, 0) is 0 Å². The maximum atomic E-state index is 14.9. The summed E-state index contributed by atoms with van der Waals surface area (Å²) in [6.45, 7) is 31.8. The van der Waals surface area contributed by atoms with Crippen molar-refractivity contribution in [1.82, 2.24) is 0 Å². The van der Waals surface area contributed by atoms with Crippen LogP contribution in [-0.4, -0.2) is 23.6 Å². The van der Waals surface area contributed by atoms with E-state index in [4.69, 9.17) is 13.1 Å². The van der Waals surface area contributed by atoms with Gasteiger partial charge in [0.25, 0.3) is 23.6 Å². The minimum Gasteiger partial charge on any atom is -0.270 e. The number of benzene rings is 4. The van der Waals surface area contributed by atoms with Gasteiger partial charge in [-0.25, -0.2) is 19.5 Å². The molecular formula is C42H34N6O4. The van der Waals surface area contributed by atoms with E-state index in [1.54, 1.807) is 24.3 Å². The molecule has 0 spiro atoms. The number of carbonyl (C=O) groups is 4. The first-order chi connectivity index (χ1) is 24.7. The molecule has 0 atom stereocenters. The van der Waals surface area contributed by atoms with Gasteiger partial charge in [-0.2, -0.15) is 10.5 Å². The zero-order chi connectivity index (χ0) is 38.1. The molecule has 0 unspecified atom stereocenters. The van der Waals surface area contributed by atoms with Gasteiger partial charge in [0.05, 0.1) is 46.8 Å². The lowest BCUT2D eigenvalue weighted by atomic mass is 9.78. The molecule has 0 saturated carbocycles. The number of nitrogens with zero attached hydrogens (tertiary/aromatic N) is 6. The first-order valence-corrected chi connectivity index (χ1v) is 17.0. The lowest BCUT2D eigenvalue weighted by molar-refractivity contribution is 0.0873. The predicted octanol–water partition coefficient (Wildman–Crippen LogP) is 9.78. The Labute approximate surface area is 302 Å². The molecule has 4 aromatic rings. The second kappa shape index (κ2) is 12.6. The summed E-state index contributed by atoms with van der Waals surface area (Å²) in [5.41, 5.74) is -0.157. The molecule has 0 N–H and O–H groups in total. The van der Waals surface area contributed by atoms with Gasteiger partial charge in [0.1, 0.15) is 12.1 Å². The standard InChI is InChI=1S/C42H34N6O4/c1-19(2)23-13-11-14-24(20(3)4)37(23)47-39(49)29-27(17-43)28(18-44)30-32-31(29)33(41(47)51)35(45-9)36(46-10)34(32)42(52)48(40(30)50)38-25(21(5)6)15-12-16-26(38)22(7)8/h11-16,19-22H,1-8H3. The van der Waals surface area contributed by atoms with Crippen molar-refractivity contribution in [3.8, 4) is 12.1 Å². The number of hydrogen-bond acceptors (Lipinski definition) is 6. The zero-order valence-corrected chi connectivity index (χ0v) is 30.1. The smallest absolute Gasteiger partial charge is 0.267 e. The summed E-state index contributed by atoms with van der Waals surface area (Å²) in [5, 5.41) is 20.9. The Morgan fingerprint density at radius 3 is 1.02 bits per heavy atom. The number of amides is 4. The Morgan fingerprint density at radius 2 is 0.788 bits per heavy atom. The molecule has 2 aliphatic heterocycles. The van der Waals surface area contributed by atoms with Crippen LogP contribution in [0.4, 0.5) is 22.7 Å². The molecule has 256 valence electrons. The summed E-state index contributed by atoms with van der Waals surface area (Å²) in [4.78, 5) is 68.8. The molecule has 0 saturated heterocycles. The van der Waals surface area contributed by atoms with Crippen LogP contribution < -0.4 is 9.80 Å². The molecule has 4 aromatic carbocycles. The molecular weight excluding hydrogens is 653 g/mol. The van der Waals surface area contributed by atoms with E-state index in [2.05, 4.69) is 9.69 Å². The molecule has 52 heavy (non-hydrogen) atoms. The first-order valence-electron chi connectivity index (χ1n) is 17.0.